The first-order valence-electron chi connectivity index (χ1n) is 5.76. The van der Waals surface area contributed by atoms with E-state index in [9.17, 15) is 9.59 Å². The van der Waals surface area contributed by atoms with Gasteiger partial charge in [0, 0.05) is 32.2 Å². The number of ether oxygens (including phenoxy) is 1. The van der Waals surface area contributed by atoms with Crippen molar-refractivity contribution < 1.29 is 14.3 Å². The fourth-order valence-electron chi connectivity index (χ4n) is 1.76. The number of carbonyl (C=O) groups is 2. The van der Waals surface area contributed by atoms with E-state index >= 15 is 0 Å². The minimum Gasteiger partial charge on any atom is -0.459 e. The molecule has 1 aliphatic rings. The molecule has 5 nitrogen and oxygen atoms in total. The fraction of sp³-hybridized carbons (Fsp3) is 0.818. The van der Waals surface area contributed by atoms with Gasteiger partial charge in [0.1, 0.15) is 0 Å². The van der Waals surface area contributed by atoms with Crippen LogP contribution in [0.1, 0.15) is 20.8 Å². The van der Waals surface area contributed by atoms with Crippen molar-refractivity contribution in [2.75, 3.05) is 32.8 Å². The van der Waals surface area contributed by atoms with Crippen molar-refractivity contribution in [3.05, 3.63) is 0 Å². The number of rotatable bonds is 2. The number of hydrogen-bond acceptors (Lipinski definition) is 4. The highest BCUT2D eigenvalue weighted by molar-refractivity contribution is 6.32. The maximum absolute atomic E-state index is 11.6. The molecule has 0 saturated carbocycles. The molecule has 0 aliphatic carbocycles. The molecular weight excluding hydrogens is 208 g/mol. The Balaban J connectivity index is 2.41. The summed E-state index contributed by atoms with van der Waals surface area (Å²) in [5.74, 6) is -1.24. The normalized spacial score (nSPS) is 17.6. The molecule has 1 saturated heterocycles. The molecule has 0 bridgehead atoms. The molecule has 5 heteroatoms. The third-order valence-electron chi connectivity index (χ3n) is 2.78. The van der Waals surface area contributed by atoms with Gasteiger partial charge in [0.05, 0.1) is 6.61 Å². The van der Waals surface area contributed by atoms with Crippen LogP contribution in [0.4, 0.5) is 0 Å². The minimum atomic E-state index is -0.736. The number of carbonyl (C=O) groups excluding carboxylic acids is 2. The molecule has 92 valence electrons. The molecule has 0 unspecified atom stereocenters. The molecule has 1 aliphatic heterocycles. The van der Waals surface area contributed by atoms with Gasteiger partial charge in [-0.2, -0.15) is 0 Å². The van der Waals surface area contributed by atoms with Crippen molar-refractivity contribution >= 4 is 11.9 Å². The number of hydrogen-bond donors (Lipinski definition) is 0. The van der Waals surface area contributed by atoms with Crippen molar-refractivity contribution in [3.63, 3.8) is 0 Å². The highest BCUT2D eigenvalue weighted by Gasteiger charge is 2.27. The van der Waals surface area contributed by atoms with Crippen LogP contribution in [0.2, 0.25) is 0 Å². The van der Waals surface area contributed by atoms with Crippen LogP contribution in [0.3, 0.4) is 0 Å². The van der Waals surface area contributed by atoms with Gasteiger partial charge in [0.2, 0.25) is 0 Å². The molecule has 0 spiro atoms. The zero-order chi connectivity index (χ0) is 12.1. The number of amides is 1. The fourth-order valence-corrected chi connectivity index (χ4v) is 1.76. The predicted molar refractivity (Wildman–Crippen MR) is 59.9 cm³/mol. The lowest BCUT2D eigenvalue weighted by Gasteiger charge is -2.36. The monoisotopic (exact) mass is 228 g/mol. The lowest BCUT2D eigenvalue weighted by Crippen LogP contribution is -2.52. The summed E-state index contributed by atoms with van der Waals surface area (Å²) in [4.78, 5) is 26.7. The second-order valence-corrected chi connectivity index (χ2v) is 4.14. The highest BCUT2D eigenvalue weighted by Crippen LogP contribution is 2.06. The smallest absolute Gasteiger partial charge is 0.397 e. The SMILES string of the molecule is CCOC(=O)C(=O)N1CCN(C(C)C)CC1. The Morgan fingerprint density at radius 2 is 1.75 bits per heavy atom. The first-order valence-corrected chi connectivity index (χ1v) is 5.76. The Labute approximate surface area is 96.3 Å². The van der Waals surface area contributed by atoms with Crippen LogP contribution in [0, 0.1) is 0 Å². The lowest BCUT2D eigenvalue weighted by atomic mass is 10.2. The van der Waals surface area contributed by atoms with Gasteiger partial charge in [-0.05, 0) is 20.8 Å². The molecule has 0 aromatic carbocycles. The van der Waals surface area contributed by atoms with Crippen LogP contribution >= 0.6 is 0 Å². The van der Waals surface area contributed by atoms with Crippen LogP contribution < -0.4 is 0 Å². The highest BCUT2D eigenvalue weighted by atomic mass is 16.5. The summed E-state index contributed by atoms with van der Waals surface area (Å²) in [5.41, 5.74) is 0. The quantitative estimate of drug-likeness (QED) is 0.497. The maximum atomic E-state index is 11.6. The van der Waals surface area contributed by atoms with Crippen LogP contribution in [0.25, 0.3) is 0 Å². The molecule has 0 radical (unpaired) electrons. The van der Waals surface area contributed by atoms with Crippen LogP contribution in [-0.2, 0) is 14.3 Å². The number of nitrogens with zero attached hydrogens (tertiary/aromatic N) is 2. The van der Waals surface area contributed by atoms with Crippen molar-refractivity contribution in [2.24, 2.45) is 0 Å². The molecule has 16 heavy (non-hydrogen) atoms. The van der Waals surface area contributed by atoms with Crippen molar-refractivity contribution in [1.29, 1.82) is 0 Å². The summed E-state index contributed by atoms with van der Waals surface area (Å²) in [5, 5.41) is 0. The lowest BCUT2D eigenvalue weighted by molar-refractivity contribution is -0.160. The van der Waals surface area contributed by atoms with Gasteiger partial charge in [-0.15, -0.1) is 0 Å². The third kappa shape index (κ3) is 3.20. The largest absolute Gasteiger partial charge is 0.459 e. The summed E-state index contributed by atoms with van der Waals surface area (Å²) >= 11 is 0. The van der Waals surface area contributed by atoms with Gasteiger partial charge in [-0.25, -0.2) is 4.79 Å². The van der Waals surface area contributed by atoms with E-state index in [0.29, 0.717) is 19.1 Å². The third-order valence-corrected chi connectivity index (χ3v) is 2.78. The Kier molecular flexibility index (Phi) is 4.73. The number of piperazine rings is 1. The Bertz CT molecular complexity index is 258. The summed E-state index contributed by atoms with van der Waals surface area (Å²) < 4.78 is 4.69. The van der Waals surface area contributed by atoms with E-state index in [-0.39, 0.29) is 6.61 Å². The molecule has 0 N–H and O–H groups in total. The number of esters is 1. The van der Waals surface area contributed by atoms with Crippen LogP contribution in [-0.4, -0.2) is 60.5 Å². The standard InChI is InChI=1S/C11H20N2O3/c1-4-16-11(15)10(14)13-7-5-12(6-8-13)9(2)3/h9H,4-8H2,1-3H3. The molecule has 0 aromatic heterocycles. The van der Waals surface area contributed by atoms with E-state index in [4.69, 9.17) is 0 Å². The minimum absolute atomic E-state index is 0.247. The molecule has 1 fully saturated rings. The van der Waals surface area contributed by atoms with E-state index in [1.54, 1.807) is 11.8 Å². The zero-order valence-electron chi connectivity index (χ0n) is 10.2. The molecule has 0 atom stereocenters. The molecule has 0 aromatic rings. The van der Waals surface area contributed by atoms with Gasteiger partial charge in [0.15, 0.2) is 0 Å². The van der Waals surface area contributed by atoms with E-state index in [2.05, 4.69) is 23.5 Å². The van der Waals surface area contributed by atoms with E-state index in [1.165, 1.54) is 0 Å². The van der Waals surface area contributed by atoms with Gasteiger partial charge >= 0.3 is 11.9 Å². The molecule has 1 amide bonds. The second-order valence-electron chi connectivity index (χ2n) is 4.14. The topological polar surface area (TPSA) is 49.9 Å². The second kappa shape index (κ2) is 5.84. The zero-order valence-corrected chi connectivity index (χ0v) is 10.2. The first-order chi connectivity index (χ1) is 7.56. The summed E-state index contributed by atoms with van der Waals surface area (Å²) in [6, 6.07) is 0.486. The van der Waals surface area contributed by atoms with Crippen molar-refractivity contribution in [1.82, 2.24) is 9.80 Å². The van der Waals surface area contributed by atoms with Crippen molar-refractivity contribution in [3.8, 4) is 0 Å². The average Bonchev–Trinajstić information content (AvgIpc) is 2.28. The van der Waals surface area contributed by atoms with E-state index in [0.717, 1.165) is 13.1 Å². The van der Waals surface area contributed by atoms with Gasteiger partial charge in [-0.3, -0.25) is 9.69 Å². The Morgan fingerprint density at radius 3 is 2.19 bits per heavy atom. The molecular formula is C11H20N2O3. The predicted octanol–water partition coefficient (Wildman–Crippen LogP) is 0.102. The van der Waals surface area contributed by atoms with Crippen LogP contribution in [0.5, 0.6) is 0 Å². The van der Waals surface area contributed by atoms with Crippen molar-refractivity contribution in [2.45, 2.75) is 26.8 Å². The Morgan fingerprint density at radius 1 is 1.19 bits per heavy atom. The summed E-state index contributed by atoms with van der Waals surface area (Å²) in [6.45, 7) is 9.06. The van der Waals surface area contributed by atoms with Gasteiger partial charge in [-0.1, -0.05) is 0 Å². The Hall–Kier alpha value is -1.10. The van der Waals surface area contributed by atoms with E-state index < -0.39 is 11.9 Å². The molecule has 1 heterocycles. The van der Waals surface area contributed by atoms with E-state index in [1.807, 2.05) is 0 Å². The first kappa shape index (κ1) is 13.0. The maximum Gasteiger partial charge on any atom is 0.397 e. The summed E-state index contributed by atoms with van der Waals surface area (Å²) in [7, 11) is 0. The average molecular weight is 228 g/mol. The molecule has 1 rings (SSSR count). The van der Waals surface area contributed by atoms with Gasteiger partial charge in [0.25, 0.3) is 0 Å². The van der Waals surface area contributed by atoms with Gasteiger partial charge < -0.3 is 9.64 Å². The van der Waals surface area contributed by atoms with Crippen LogP contribution in [0.15, 0.2) is 0 Å². The summed E-state index contributed by atoms with van der Waals surface area (Å²) in [6.07, 6.45) is 0.